The summed E-state index contributed by atoms with van der Waals surface area (Å²) in [5, 5.41) is 5.97. The maximum atomic E-state index is 12.7. The van der Waals surface area contributed by atoms with Gasteiger partial charge >= 0.3 is 0 Å². The number of sulfonamides is 1. The lowest BCUT2D eigenvalue weighted by molar-refractivity contribution is 0.0954. The summed E-state index contributed by atoms with van der Waals surface area (Å²) in [5.74, 6) is -0.245. The molecule has 0 atom stereocenters. The minimum absolute atomic E-state index is 0.0997. The lowest BCUT2D eigenvalue weighted by Crippen LogP contribution is -2.25. The van der Waals surface area contributed by atoms with E-state index in [0.717, 1.165) is 27.4 Å². The molecule has 0 radical (unpaired) electrons. The third-order valence-corrected chi connectivity index (χ3v) is 7.54. The molecule has 0 aliphatic rings. The average molecular weight is 492 g/mol. The normalized spacial score (nSPS) is 11.2. The van der Waals surface area contributed by atoms with E-state index >= 15 is 0 Å². The predicted octanol–water partition coefficient (Wildman–Crippen LogP) is 5.20. The molecule has 4 aromatic rings. The molecular weight excluding hydrogens is 466 g/mol. The van der Waals surface area contributed by atoms with E-state index in [1.165, 1.54) is 24.3 Å². The van der Waals surface area contributed by atoms with E-state index in [-0.39, 0.29) is 10.8 Å². The van der Waals surface area contributed by atoms with Crippen molar-refractivity contribution in [3.8, 4) is 11.3 Å². The fraction of sp³-hybridized carbons (Fsp3) is 0.154. The molecule has 34 heavy (non-hydrogen) atoms. The molecule has 4 rings (SSSR count). The van der Waals surface area contributed by atoms with Crippen molar-refractivity contribution in [1.29, 1.82) is 0 Å². The minimum Gasteiger partial charge on any atom is -0.352 e. The molecule has 3 aromatic carbocycles. The number of benzene rings is 3. The number of thiazole rings is 1. The Kier molecular flexibility index (Phi) is 7.09. The lowest BCUT2D eigenvalue weighted by Gasteiger charge is -2.11. The van der Waals surface area contributed by atoms with Crippen molar-refractivity contribution in [2.75, 3.05) is 11.3 Å². The van der Waals surface area contributed by atoms with E-state index in [2.05, 4.69) is 15.0 Å². The zero-order valence-corrected chi connectivity index (χ0v) is 20.5. The third kappa shape index (κ3) is 5.70. The van der Waals surface area contributed by atoms with Crippen molar-refractivity contribution in [3.05, 3.63) is 99.9 Å². The number of rotatable bonds is 8. The van der Waals surface area contributed by atoms with Gasteiger partial charge in [-0.25, -0.2) is 13.4 Å². The third-order valence-electron chi connectivity index (χ3n) is 5.38. The number of carbonyl (C=O) groups excluding carboxylic acids is 1. The highest BCUT2D eigenvalue weighted by Gasteiger charge is 2.16. The molecule has 1 heterocycles. The van der Waals surface area contributed by atoms with E-state index in [1.54, 1.807) is 23.5 Å². The lowest BCUT2D eigenvalue weighted by atomic mass is 10.1. The van der Waals surface area contributed by atoms with Gasteiger partial charge < -0.3 is 5.32 Å². The van der Waals surface area contributed by atoms with Gasteiger partial charge in [0.2, 0.25) is 0 Å². The molecule has 1 aromatic heterocycles. The number of aromatic nitrogens is 1. The van der Waals surface area contributed by atoms with Crippen LogP contribution in [0.15, 0.2) is 83.1 Å². The van der Waals surface area contributed by atoms with E-state index in [9.17, 15) is 13.2 Å². The smallest absolute Gasteiger partial charge is 0.261 e. The number of anilines is 1. The molecule has 0 saturated carbocycles. The number of para-hydroxylation sites is 1. The molecule has 0 saturated heterocycles. The summed E-state index contributed by atoms with van der Waals surface area (Å²) in [4.78, 5) is 17.1. The summed E-state index contributed by atoms with van der Waals surface area (Å²) in [6, 6.07) is 21.2. The van der Waals surface area contributed by atoms with Crippen LogP contribution in [0.2, 0.25) is 0 Å². The maximum Gasteiger partial charge on any atom is 0.261 e. The second-order valence-corrected chi connectivity index (χ2v) is 10.6. The maximum absolute atomic E-state index is 12.7. The molecule has 2 N–H and O–H groups in total. The number of nitrogens with zero attached hydrogens (tertiary/aromatic N) is 1. The largest absolute Gasteiger partial charge is 0.352 e. The van der Waals surface area contributed by atoms with Crippen LogP contribution in [0.25, 0.3) is 11.3 Å². The SMILES string of the molecule is Cc1nc(-c2ccc(CCNC(=O)c3ccc(S(=O)(=O)Nc4ccccc4C)cc3)cc2)cs1. The predicted molar refractivity (Wildman–Crippen MR) is 137 cm³/mol. The molecular formula is C26H25N3O3S2. The van der Waals surface area contributed by atoms with Gasteiger partial charge in [-0.3, -0.25) is 9.52 Å². The zero-order valence-electron chi connectivity index (χ0n) is 18.9. The molecule has 8 heteroatoms. The van der Waals surface area contributed by atoms with Gasteiger partial charge in [-0.2, -0.15) is 0 Å². The van der Waals surface area contributed by atoms with Crippen molar-refractivity contribution in [2.45, 2.75) is 25.2 Å². The topological polar surface area (TPSA) is 88.2 Å². The Balaban J connectivity index is 1.32. The highest BCUT2D eigenvalue weighted by molar-refractivity contribution is 7.92. The Bertz CT molecular complexity index is 1390. The van der Waals surface area contributed by atoms with Crippen LogP contribution in [0.3, 0.4) is 0 Å². The summed E-state index contributed by atoms with van der Waals surface area (Å²) in [6.07, 6.45) is 0.689. The fourth-order valence-corrected chi connectivity index (χ4v) is 5.19. The second-order valence-electron chi connectivity index (χ2n) is 7.90. The van der Waals surface area contributed by atoms with Crippen LogP contribution in [0.5, 0.6) is 0 Å². The molecule has 0 unspecified atom stereocenters. The Morgan fingerprint density at radius 3 is 2.29 bits per heavy atom. The van der Waals surface area contributed by atoms with E-state index in [1.807, 2.05) is 55.6 Å². The highest BCUT2D eigenvalue weighted by Crippen LogP contribution is 2.22. The van der Waals surface area contributed by atoms with E-state index in [4.69, 9.17) is 0 Å². The van der Waals surface area contributed by atoms with Crippen molar-refractivity contribution >= 4 is 33.0 Å². The number of carbonyl (C=O) groups is 1. The van der Waals surface area contributed by atoms with Crippen LogP contribution in [-0.4, -0.2) is 25.9 Å². The van der Waals surface area contributed by atoms with Crippen LogP contribution in [0.4, 0.5) is 5.69 Å². The number of hydrogen-bond donors (Lipinski definition) is 2. The Morgan fingerprint density at radius 1 is 0.941 bits per heavy atom. The van der Waals surface area contributed by atoms with Gasteiger partial charge in [0.05, 0.1) is 21.3 Å². The van der Waals surface area contributed by atoms with Crippen LogP contribution in [0, 0.1) is 13.8 Å². The van der Waals surface area contributed by atoms with Crippen LogP contribution in [0.1, 0.15) is 26.5 Å². The Labute approximate surface area is 203 Å². The molecule has 174 valence electrons. The molecule has 6 nitrogen and oxygen atoms in total. The molecule has 1 amide bonds. The minimum atomic E-state index is -3.74. The fourth-order valence-electron chi connectivity index (χ4n) is 3.44. The number of aryl methyl sites for hydroxylation is 2. The summed E-state index contributed by atoms with van der Waals surface area (Å²) >= 11 is 1.63. The zero-order chi connectivity index (χ0) is 24.1. The summed E-state index contributed by atoms with van der Waals surface area (Å²) in [6.45, 7) is 4.30. The molecule has 0 aliphatic heterocycles. The van der Waals surface area contributed by atoms with Crippen LogP contribution in [-0.2, 0) is 16.4 Å². The molecule has 0 fully saturated rings. The van der Waals surface area contributed by atoms with Gasteiger partial charge in [0.15, 0.2) is 0 Å². The van der Waals surface area contributed by atoms with Crippen molar-refractivity contribution in [2.24, 2.45) is 0 Å². The molecule has 0 spiro atoms. The van der Waals surface area contributed by atoms with Gasteiger partial charge in [-0.1, -0.05) is 42.5 Å². The average Bonchev–Trinajstić information content (AvgIpc) is 3.27. The van der Waals surface area contributed by atoms with E-state index in [0.29, 0.717) is 24.2 Å². The van der Waals surface area contributed by atoms with E-state index < -0.39 is 10.0 Å². The van der Waals surface area contributed by atoms with Crippen LogP contribution < -0.4 is 10.0 Å². The first-order valence-electron chi connectivity index (χ1n) is 10.8. The first-order valence-corrected chi connectivity index (χ1v) is 13.2. The second kappa shape index (κ2) is 10.2. The monoisotopic (exact) mass is 491 g/mol. The van der Waals surface area contributed by atoms with Gasteiger partial charge in [0, 0.05) is 23.1 Å². The Morgan fingerprint density at radius 2 is 1.65 bits per heavy atom. The Hall–Kier alpha value is -3.49. The summed E-state index contributed by atoms with van der Waals surface area (Å²) < 4.78 is 27.9. The van der Waals surface area contributed by atoms with Gasteiger partial charge in [-0.05, 0) is 61.7 Å². The van der Waals surface area contributed by atoms with Crippen molar-refractivity contribution in [3.63, 3.8) is 0 Å². The van der Waals surface area contributed by atoms with Gasteiger partial charge in [0.1, 0.15) is 0 Å². The summed E-state index contributed by atoms with van der Waals surface area (Å²) in [7, 11) is -3.74. The van der Waals surface area contributed by atoms with Crippen LogP contribution >= 0.6 is 11.3 Å². The quantitative estimate of drug-likeness (QED) is 0.355. The molecule has 0 aliphatic carbocycles. The standard InChI is InChI=1S/C26H25N3O3S2/c1-18-5-3-4-6-24(18)29-34(31,32)23-13-11-22(12-14-23)26(30)27-16-15-20-7-9-21(10-8-20)25-17-33-19(2)28-25/h3-14,17,29H,15-16H2,1-2H3,(H,27,30). The first kappa shape index (κ1) is 23.7. The molecule has 0 bridgehead atoms. The first-order chi connectivity index (χ1) is 16.3. The van der Waals surface area contributed by atoms with Gasteiger partial charge in [0.25, 0.3) is 15.9 Å². The number of hydrogen-bond acceptors (Lipinski definition) is 5. The van der Waals surface area contributed by atoms with Crippen molar-refractivity contribution < 1.29 is 13.2 Å². The van der Waals surface area contributed by atoms with Crippen molar-refractivity contribution in [1.82, 2.24) is 10.3 Å². The number of amides is 1. The highest BCUT2D eigenvalue weighted by atomic mass is 32.2. The number of nitrogens with one attached hydrogen (secondary N) is 2. The summed E-state index contributed by atoms with van der Waals surface area (Å²) in [5.41, 5.74) is 4.92. The van der Waals surface area contributed by atoms with Gasteiger partial charge in [-0.15, -0.1) is 11.3 Å².